The third kappa shape index (κ3) is 12.4. The molecular formula is C30H37NO2. The molecule has 0 N–H and O–H groups in total. The van der Waals surface area contributed by atoms with Crippen LogP contribution in [-0.2, 0) is 4.79 Å². The number of allylic oxidation sites excluding steroid dienone is 10. The molecule has 0 fully saturated rings. The molecule has 1 aromatic carbocycles. The summed E-state index contributed by atoms with van der Waals surface area (Å²) in [5.41, 5.74) is 0.831. The molecule has 0 aliphatic carbocycles. The minimum absolute atomic E-state index is 0.235. The van der Waals surface area contributed by atoms with Crippen LogP contribution in [0, 0.1) is 0 Å². The number of ether oxygens (including phenoxy) is 1. The van der Waals surface area contributed by atoms with Crippen molar-refractivity contribution in [3.63, 3.8) is 0 Å². The van der Waals surface area contributed by atoms with Crippen molar-refractivity contribution in [3.8, 4) is 5.88 Å². The molecule has 0 saturated heterocycles. The van der Waals surface area contributed by atoms with Gasteiger partial charge in [-0.05, 0) is 57.1 Å². The highest BCUT2D eigenvalue weighted by molar-refractivity contribution is 5.79. The lowest BCUT2D eigenvalue weighted by molar-refractivity contribution is -0.134. The van der Waals surface area contributed by atoms with Gasteiger partial charge in [-0.25, -0.2) is 4.98 Å². The maximum Gasteiger partial charge on any atom is 0.312 e. The zero-order valence-electron chi connectivity index (χ0n) is 19.9. The van der Waals surface area contributed by atoms with Crippen LogP contribution in [0.4, 0.5) is 0 Å². The number of hydrogen-bond acceptors (Lipinski definition) is 3. The number of para-hydroxylation sites is 1. The van der Waals surface area contributed by atoms with Gasteiger partial charge in [0.15, 0.2) is 0 Å². The molecule has 0 amide bonds. The van der Waals surface area contributed by atoms with E-state index in [2.05, 4.69) is 72.7 Å². The van der Waals surface area contributed by atoms with Crippen LogP contribution < -0.4 is 4.74 Å². The standard InChI is InChI=1S/C30H37NO2/c1-2-3-4-5-6-7-8-9-10-11-12-13-14-15-16-17-18-19-24-30(32)33-29-26-25-27-22-20-21-23-28(27)31-29/h4-5,7-8,10-11,13-14,16-17,20-23,25-26H,2-3,6,9,12,15,18-19,24H2,1H3. The number of benzene rings is 1. The molecule has 1 aromatic heterocycles. The quantitative estimate of drug-likeness (QED) is 0.157. The topological polar surface area (TPSA) is 39.2 Å². The van der Waals surface area contributed by atoms with Crippen LogP contribution in [0.1, 0.15) is 64.7 Å². The van der Waals surface area contributed by atoms with E-state index in [9.17, 15) is 4.79 Å². The molecule has 0 radical (unpaired) electrons. The van der Waals surface area contributed by atoms with Gasteiger partial charge in [0, 0.05) is 17.9 Å². The predicted octanol–water partition coefficient (Wildman–Crippen LogP) is 8.45. The van der Waals surface area contributed by atoms with Crippen molar-refractivity contribution in [2.45, 2.75) is 64.7 Å². The van der Waals surface area contributed by atoms with Crippen molar-refractivity contribution in [2.24, 2.45) is 0 Å². The van der Waals surface area contributed by atoms with Gasteiger partial charge in [-0.15, -0.1) is 0 Å². The summed E-state index contributed by atoms with van der Waals surface area (Å²) in [6, 6.07) is 11.4. The number of hydrogen-bond donors (Lipinski definition) is 0. The smallest absolute Gasteiger partial charge is 0.312 e. The van der Waals surface area contributed by atoms with Crippen LogP contribution in [0.25, 0.3) is 10.9 Å². The third-order valence-corrected chi connectivity index (χ3v) is 4.92. The summed E-state index contributed by atoms with van der Waals surface area (Å²) >= 11 is 0. The number of esters is 1. The van der Waals surface area contributed by atoms with Gasteiger partial charge in [0.25, 0.3) is 0 Å². The zero-order chi connectivity index (χ0) is 23.4. The van der Waals surface area contributed by atoms with Crippen LogP contribution in [0.2, 0.25) is 0 Å². The first-order valence-electron chi connectivity index (χ1n) is 12.1. The van der Waals surface area contributed by atoms with E-state index < -0.39 is 0 Å². The molecule has 2 rings (SSSR count). The van der Waals surface area contributed by atoms with E-state index in [-0.39, 0.29) is 5.97 Å². The lowest BCUT2D eigenvalue weighted by Gasteiger charge is -2.04. The van der Waals surface area contributed by atoms with Gasteiger partial charge in [0.2, 0.25) is 5.88 Å². The van der Waals surface area contributed by atoms with E-state index >= 15 is 0 Å². The van der Waals surface area contributed by atoms with Crippen LogP contribution in [0.3, 0.4) is 0 Å². The summed E-state index contributed by atoms with van der Waals surface area (Å²) in [5.74, 6) is 0.129. The molecule has 0 aliphatic heterocycles. The second kappa shape index (κ2) is 17.4. The van der Waals surface area contributed by atoms with Gasteiger partial charge < -0.3 is 4.74 Å². The molecule has 0 aliphatic rings. The molecule has 0 bridgehead atoms. The molecule has 0 saturated carbocycles. The third-order valence-electron chi connectivity index (χ3n) is 4.92. The van der Waals surface area contributed by atoms with Gasteiger partial charge in [-0.3, -0.25) is 4.79 Å². The van der Waals surface area contributed by atoms with Crippen molar-refractivity contribution < 1.29 is 9.53 Å². The molecule has 174 valence electrons. The molecule has 0 atom stereocenters. The first kappa shape index (κ1) is 26.1. The monoisotopic (exact) mass is 443 g/mol. The Balaban J connectivity index is 1.48. The first-order chi connectivity index (χ1) is 16.3. The number of carbonyl (C=O) groups excluding carboxylic acids is 1. The Morgan fingerprint density at radius 3 is 1.97 bits per heavy atom. The van der Waals surface area contributed by atoms with Crippen molar-refractivity contribution in [1.82, 2.24) is 4.98 Å². The summed E-state index contributed by atoms with van der Waals surface area (Å²) in [6.45, 7) is 2.20. The summed E-state index contributed by atoms with van der Waals surface area (Å²) in [4.78, 5) is 16.4. The van der Waals surface area contributed by atoms with Gasteiger partial charge in [-0.1, -0.05) is 92.3 Å². The Labute approximate surface area is 199 Å². The molecule has 33 heavy (non-hydrogen) atoms. The summed E-state index contributed by atoms with van der Waals surface area (Å²) in [7, 11) is 0. The van der Waals surface area contributed by atoms with Crippen LogP contribution in [0.5, 0.6) is 5.88 Å². The number of pyridine rings is 1. The fourth-order valence-corrected chi connectivity index (χ4v) is 3.12. The van der Waals surface area contributed by atoms with Gasteiger partial charge in [0.1, 0.15) is 0 Å². The molecule has 3 heteroatoms. The molecular weight excluding hydrogens is 406 g/mol. The van der Waals surface area contributed by atoms with Crippen molar-refractivity contribution in [1.29, 1.82) is 0 Å². The van der Waals surface area contributed by atoms with Crippen LogP contribution in [0.15, 0.2) is 97.2 Å². The Morgan fingerprint density at radius 2 is 1.33 bits per heavy atom. The highest BCUT2D eigenvalue weighted by atomic mass is 16.5. The number of aromatic nitrogens is 1. The lowest BCUT2D eigenvalue weighted by atomic mass is 10.2. The maximum absolute atomic E-state index is 12.0. The Hall–Kier alpha value is -3.20. The Kier molecular flexibility index (Phi) is 13.7. The number of rotatable bonds is 15. The normalized spacial score (nSPS) is 12.4. The average Bonchev–Trinajstić information content (AvgIpc) is 2.83. The van der Waals surface area contributed by atoms with Crippen LogP contribution in [-0.4, -0.2) is 11.0 Å². The number of carbonyl (C=O) groups is 1. The van der Waals surface area contributed by atoms with Crippen molar-refractivity contribution in [3.05, 3.63) is 97.2 Å². The lowest BCUT2D eigenvalue weighted by Crippen LogP contribution is -2.08. The minimum Gasteiger partial charge on any atom is -0.407 e. The number of nitrogens with zero attached hydrogens (tertiary/aromatic N) is 1. The summed E-state index contributed by atoms with van der Waals surface area (Å²) in [5, 5.41) is 1.03. The number of unbranched alkanes of at least 4 members (excludes halogenated alkanes) is 2. The molecule has 2 aromatic rings. The molecule has 0 unspecified atom stereocenters. The maximum atomic E-state index is 12.0. The van der Waals surface area contributed by atoms with E-state index in [4.69, 9.17) is 4.74 Å². The van der Waals surface area contributed by atoms with E-state index in [0.717, 1.165) is 49.4 Å². The Morgan fingerprint density at radius 1 is 0.758 bits per heavy atom. The largest absolute Gasteiger partial charge is 0.407 e. The second-order valence-electron chi connectivity index (χ2n) is 7.80. The van der Waals surface area contributed by atoms with Gasteiger partial charge >= 0.3 is 5.97 Å². The predicted molar refractivity (Wildman–Crippen MR) is 140 cm³/mol. The van der Waals surface area contributed by atoms with Crippen LogP contribution >= 0.6 is 0 Å². The van der Waals surface area contributed by atoms with Gasteiger partial charge in [0.05, 0.1) is 5.52 Å². The van der Waals surface area contributed by atoms with Crippen molar-refractivity contribution >= 4 is 16.9 Å². The van der Waals surface area contributed by atoms with E-state index in [1.54, 1.807) is 6.07 Å². The minimum atomic E-state index is -0.235. The van der Waals surface area contributed by atoms with Crippen molar-refractivity contribution in [2.75, 3.05) is 0 Å². The molecule has 3 nitrogen and oxygen atoms in total. The van der Waals surface area contributed by atoms with E-state index in [0.29, 0.717) is 12.3 Å². The fraction of sp³-hybridized carbons (Fsp3) is 0.333. The van der Waals surface area contributed by atoms with E-state index in [1.165, 1.54) is 12.8 Å². The highest BCUT2D eigenvalue weighted by Gasteiger charge is 2.06. The Bertz CT molecular complexity index is 966. The second-order valence-corrected chi connectivity index (χ2v) is 7.80. The summed E-state index contributed by atoms with van der Waals surface area (Å²) in [6.07, 6.45) is 30.3. The summed E-state index contributed by atoms with van der Waals surface area (Å²) < 4.78 is 5.36. The SMILES string of the molecule is CCCC=CCC=CCC=CCC=CCC=CCCCC(=O)Oc1ccc2ccccc2n1. The zero-order valence-corrected chi connectivity index (χ0v) is 19.9. The average molecular weight is 444 g/mol. The number of fused-ring (bicyclic) bond motifs is 1. The molecule has 1 heterocycles. The highest BCUT2D eigenvalue weighted by Crippen LogP contribution is 2.16. The molecule has 0 spiro atoms. The fourth-order valence-electron chi connectivity index (χ4n) is 3.12. The van der Waals surface area contributed by atoms with E-state index in [1.807, 2.05) is 30.3 Å². The van der Waals surface area contributed by atoms with Gasteiger partial charge in [-0.2, -0.15) is 0 Å². The first-order valence-corrected chi connectivity index (χ1v) is 12.1.